The van der Waals surface area contributed by atoms with Gasteiger partial charge in [0.1, 0.15) is 0 Å². The first-order valence-electron chi connectivity index (χ1n) is 5.72. The minimum Gasteiger partial charge on any atom is -0.278 e. The predicted octanol–water partition coefficient (Wildman–Crippen LogP) is 3.45. The lowest BCUT2D eigenvalue weighted by Crippen LogP contribution is -2.09. The fourth-order valence-corrected chi connectivity index (χ4v) is 2.06. The molecular weight excluding hydrogens is 253 g/mol. The Labute approximate surface area is 107 Å². The maximum absolute atomic E-state index is 12.6. The standard InChI is InChI=1S/C14H9F3N2/c15-14(16,17)11-6-10-7-18-12(13(10)19-8-11)9-4-2-1-3-5-9/h1-6,8H,7H2. The van der Waals surface area contributed by atoms with Crippen LogP contribution in [-0.2, 0) is 12.7 Å². The number of rotatable bonds is 1. The fraction of sp³-hybridized carbons (Fsp3) is 0.143. The van der Waals surface area contributed by atoms with Crippen molar-refractivity contribution in [1.29, 1.82) is 0 Å². The molecule has 0 radical (unpaired) electrons. The SMILES string of the molecule is FC(F)(F)c1cnc2c(c1)CN=C2c1ccccc1. The first-order chi connectivity index (χ1) is 9.05. The quantitative estimate of drug-likeness (QED) is 0.772. The number of hydrogen-bond acceptors (Lipinski definition) is 2. The molecule has 2 nitrogen and oxygen atoms in total. The second-order valence-electron chi connectivity index (χ2n) is 4.26. The van der Waals surface area contributed by atoms with Crippen LogP contribution in [0.1, 0.15) is 22.4 Å². The van der Waals surface area contributed by atoms with Crippen LogP contribution in [-0.4, -0.2) is 10.7 Å². The Morgan fingerprint density at radius 1 is 1.05 bits per heavy atom. The summed E-state index contributed by atoms with van der Waals surface area (Å²) in [7, 11) is 0. The van der Waals surface area contributed by atoms with Crippen molar-refractivity contribution >= 4 is 5.71 Å². The van der Waals surface area contributed by atoms with E-state index in [2.05, 4.69) is 9.98 Å². The van der Waals surface area contributed by atoms with Crippen molar-refractivity contribution in [2.45, 2.75) is 12.7 Å². The van der Waals surface area contributed by atoms with E-state index in [1.165, 1.54) is 0 Å². The van der Waals surface area contributed by atoms with Crippen molar-refractivity contribution in [2.24, 2.45) is 4.99 Å². The zero-order valence-electron chi connectivity index (χ0n) is 9.78. The summed E-state index contributed by atoms with van der Waals surface area (Å²) >= 11 is 0. The van der Waals surface area contributed by atoms with Crippen LogP contribution in [0, 0.1) is 0 Å². The first-order valence-corrected chi connectivity index (χ1v) is 5.72. The van der Waals surface area contributed by atoms with E-state index in [0.29, 0.717) is 17.0 Å². The average Bonchev–Trinajstić information content (AvgIpc) is 2.81. The number of aromatic nitrogens is 1. The molecule has 0 saturated carbocycles. The third-order valence-corrected chi connectivity index (χ3v) is 2.97. The summed E-state index contributed by atoms with van der Waals surface area (Å²) < 4.78 is 37.8. The van der Waals surface area contributed by atoms with Gasteiger partial charge in [-0.05, 0) is 6.07 Å². The van der Waals surface area contributed by atoms with E-state index in [-0.39, 0.29) is 6.54 Å². The van der Waals surface area contributed by atoms with Crippen LogP contribution in [0.5, 0.6) is 0 Å². The molecule has 0 N–H and O–H groups in total. The highest BCUT2D eigenvalue weighted by molar-refractivity contribution is 6.13. The molecule has 0 aliphatic carbocycles. The van der Waals surface area contributed by atoms with Crippen LogP contribution in [0.4, 0.5) is 13.2 Å². The molecule has 0 unspecified atom stereocenters. The maximum Gasteiger partial charge on any atom is 0.417 e. The summed E-state index contributed by atoms with van der Waals surface area (Å²) in [5.74, 6) is 0. The molecule has 1 aliphatic rings. The van der Waals surface area contributed by atoms with Gasteiger partial charge in [0.2, 0.25) is 0 Å². The van der Waals surface area contributed by atoms with Gasteiger partial charge in [-0.3, -0.25) is 9.98 Å². The summed E-state index contributed by atoms with van der Waals surface area (Å²) in [5.41, 5.74) is 1.86. The van der Waals surface area contributed by atoms with E-state index in [1.54, 1.807) is 0 Å². The molecule has 1 aliphatic heterocycles. The molecule has 0 fully saturated rings. The molecule has 1 aromatic carbocycles. The third kappa shape index (κ3) is 2.12. The van der Waals surface area contributed by atoms with Gasteiger partial charge in [0, 0.05) is 17.3 Å². The predicted molar refractivity (Wildman–Crippen MR) is 65.0 cm³/mol. The molecule has 19 heavy (non-hydrogen) atoms. The Kier molecular flexibility index (Phi) is 2.62. The van der Waals surface area contributed by atoms with Gasteiger partial charge < -0.3 is 0 Å². The summed E-state index contributed by atoms with van der Waals surface area (Å²) in [4.78, 5) is 8.22. The Hall–Kier alpha value is -2.17. The van der Waals surface area contributed by atoms with Gasteiger partial charge in [-0.2, -0.15) is 13.2 Å². The Balaban J connectivity index is 2.02. The second kappa shape index (κ2) is 4.19. The first kappa shape index (κ1) is 11.9. The number of alkyl halides is 3. The smallest absolute Gasteiger partial charge is 0.278 e. The molecular formula is C14H9F3N2. The summed E-state index contributed by atoms with van der Waals surface area (Å²) in [6.07, 6.45) is -3.50. The zero-order chi connectivity index (χ0) is 13.5. The molecule has 0 spiro atoms. The van der Waals surface area contributed by atoms with E-state index in [4.69, 9.17) is 0 Å². The van der Waals surface area contributed by atoms with Crippen LogP contribution in [0.25, 0.3) is 0 Å². The summed E-state index contributed by atoms with van der Waals surface area (Å²) in [5, 5.41) is 0. The highest BCUT2D eigenvalue weighted by Gasteiger charge is 2.32. The number of aliphatic imine (C=N–C) groups is 1. The largest absolute Gasteiger partial charge is 0.417 e. The van der Waals surface area contributed by atoms with Crippen molar-refractivity contribution < 1.29 is 13.2 Å². The number of hydrogen-bond donors (Lipinski definition) is 0. The minimum atomic E-state index is -4.36. The molecule has 1 aromatic heterocycles. The van der Waals surface area contributed by atoms with Crippen molar-refractivity contribution in [3.63, 3.8) is 0 Å². The number of fused-ring (bicyclic) bond motifs is 1. The number of nitrogens with zero attached hydrogens (tertiary/aromatic N) is 2. The van der Waals surface area contributed by atoms with Crippen LogP contribution >= 0.6 is 0 Å². The average molecular weight is 262 g/mol. The fourth-order valence-electron chi connectivity index (χ4n) is 2.06. The van der Waals surface area contributed by atoms with Crippen LogP contribution in [0.2, 0.25) is 0 Å². The Bertz CT molecular complexity index is 645. The number of benzene rings is 1. The lowest BCUT2D eigenvalue weighted by molar-refractivity contribution is -0.137. The van der Waals surface area contributed by atoms with E-state index in [1.807, 2.05) is 30.3 Å². The van der Waals surface area contributed by atoms with E-state index >= 15 is 0 Å². The molecule has 0 saturated heterocycles. The van der Waals surface area contributed by atoms with Gasteiger partial charge >= 0.3 is 6.18 Å². The molecule has 0 atom stereocenters. The van der Waals surface area contributed by atoms with E-state index in [0.717, 1.165) is 17.8 Å². The second-order valence-corrected chi connectivity index (χ2v) is 4.26. The van der Waals surface area contributed by atoms with Crippen LogP contribution < -0.4 is 0 Å². The molecule has 3 rings (SSSR count). The van der Waals surface area contributed by atoms with Gasteiger partial charge in [-0.1, -0.05) is 30.3 Å². The molecule has 2 heterocycles. The van der Waals surface area contributed by atoms with Crippen LogP contribution in [0.3, 0.4) is 0 Å². The lowest BCUT2D eigenvalue weighted by atomic mass is 10.0. The van der Waals surface area contributed by atoms with Gasteiger partial charge in [0.25, 0.3) is 0 Å². The molecule has 5 heteroatoms. The Morgan fingerprint density at radius 2 is 1.79 bits per heavy atom. The monoisotopic (exact) mass is 262 g/mol. The van der Waals surface area contributed by atoms with E-state index < -0.39 is 11.7 Å². The minimum absolute atomic E-state index is 0.247. The number of halogens is 3. The number of pyridine rings is 1. The van der Waals surface area contributed by atoms with E-state index in [9.17, 15) is 13.2 Å². The highest BCUT2D eigenvalue weighted by atomic mass is 19.4. The van der Waals surface area contributed by atoms with Gasteiger partial charge in [0.15, 0.2) is 0 Å². The molecule has 0 bridgehead atoms. The van der Waals surface area contributed by atoms with Crippen molar-refractivity contribution in [2.75, 3.05) is 0 Å². The van der Waals surface area contributed by atoms with Gasteiger partial charge in [-0.25, -0.2) is 0 Å². The van der Waals surface area contributed by atoms with Crippen molar-refractivity contribution in [3.8, 4) is 0 Å². The summed E-state index contributed by atoms with van der Waals surface area (Å²) in [6.45, 7) is 0.247. The summed E-state index contributed by atoms with van der Waals surface area (Å²) in [6, 6.07) is 10.5. The zero-order valence-corrected chi connectivity index (χ0v) is 9.78. The highest BCUT2D eigenvalue weighted by Crippen LogP contribution is 2.31. The van der Waals surface area contributed by atoms with Crippen molar-refractivity contribution in [3.05, 3.63) is 65.0 Å². The van der Waals surface area contributed by atoms with Gasteiger partial charge in [-0.15, -0.1) is 0 Å². The third-order valence-electron chi connectivity index (χ3n) is 2.97. The van der Waals surface area contributed by atoms with Crippen molar-refractivity contribution in [1.82, 2.24) is 4.98 Å². The molecule has 2 aromatic rings. The normalized spacial score (nSPS) is 14.2. The molecule has 96 valence electrons. The lowest BCUT2D eigenvalue weighted by Gasteiger charge is -2.08. The van der Waals surface area contributed by atoms with Gasteiger partial charge in [0.05, 0.1) is 23.5 Å². The molecule has 0 amide bonds. The maximum atomic E-state index is 12.6. The Morgan fingerprint density at radius 3 is 2.47 bits per heavy atom. The topological polar surface area (TPSA) is 25.2 Å². The van der Waals surface area contributed by atoms with Crippen LogP contribution in [0.15, 0.2) is 47.6 Å².